The molecule has 0 fully saturated rings. The third-order valence-electron chi connectivity index (χ3n) is 2.73. The maximum absolute atomic E-state index is 3.43. The van der Waals surface area contributed by atoms with Crippen LogP contribution < -0.4 is 5.32 Å². The molecule has 0 saturated carbocycles. The van der Waals surface area contributed by atoms with Crippen molar-refractivity contribution in [3.8, 4) is 11.1 Å². The lowest BCUT2D eigenvalue weighted by atomic mass is 10.1. The van der Waals surface area contributed by atoms with E-state index in [1.807, 2.05) is 0 Å². The van der Waals surface area contributed by atoms with E-state index in [4.69, 9.17) is 0 Å². The highest BCUT2D eigenvalue weighted by Gasteiger charge is 2.00. The van der Waals surface area contributed by atoms with Crippen LogP contribution in [0.25, 0.3) is 11.1 Å². The SMILES string of the molecule is Cc1cc(-c2ccc(CNC(C)C)cc2)cs1. The third kappa shape index (κ3) is 3.42. The maximum atomic E-state index is 3.43. The number of aryl methyl sites for hydroxylation is 1. The Morgan fingerprint density at radius 2 is 1.82 bits per heavy atom. The second kappa shape index (κ2) is 5.48. The molecule has 0 unspecified atom stereocenters. The molecule has 0 aliphatic rings. The molecule has 0 atom stereocenters. The molecule has 2 rings (SSSR count). The Morgan fingerprint density at radius 3 is 2.35 bits per heavy atom. The van der Waals surface area contributed by atoms with Crippen LogP contribution in [-0.4, -0.2) is 6.04 Å². The summed E-state index contributed by atoms with van der Waals surface area (Å²) in [5.41, 5.74) is 3.98. The van der Waals surface area contributed by atoms with Gasteiger partial charge in [0, 0.05) is 17.5 Å². The Balaban J connectivity index is 2.07. The summed E-state index contributed by atoms with van der Waals surface area (Å²) in [6.45, 7) is 7.43. The topological polar surface area (TPSA) is 12.0 Å². The zero-order valence-electron chi connectivity index (χ0n) is 10.7. The minimum atomic E-state index is 0.536. The van der Waals surface area contributed by atoms with Gasteiger partial charge in [0.15, 0.2) is 0 Å². The van der Waals surface area contributed by atoms with E-state index < -0.39 is 0 Å². The molecule has 0 radical (unpaired) electrons. The van der Waals surface area contributed by atoms with Crippen LogP contribution in [0.1, 0.15) is 24.3 Å². The van der Waals surface area contributed by atoms with E-state index in [0.717, 1.165) is 6.54 Å². The van der Waals surface area contributed by atoms with E-state index >= 15 is 0 Å². The first kappa shape index (κ1) is 12.3. The number of thiophene rings is 1. The zero-order chi connectivity index (χ0) is 12.3. The van der Waals surface area contributed by atoms with Crippen LogP contribution in [0.15, 0.2) is 35.7 Å². The van der Waals surface area contributed by atoms with Gasteiger partial charge < -0.3 is 5.32 Å². The van der Waals surface area contributed by atoms with Gasteiger partial charge in [-0.15, -0.1) is 11.3 Å². The molecular weight excluding hydrogens is 226 g/mol. The predicted octanol–water partition coefficient (Wildman–Crippen LogP) is 4.22. The molecule has 2 heteroatoms. The molecule has 1 aromatic carbocycles. The molecule has 0 aliphatic carbocycles. The summed E-state index contributed by atoms with van der Waals surface area (Å²) in [4.78, 5) is 1.37. The van der Waals surface area contributed by atoms with E-state index in [1.165, 1.54) is 21.6 Å². The molecule has 17 heavy (non-hydrogen) atoms. The minimum absolute atomic E-state index is 0.536. The summed E-state index contributed by atoms with van der Waals surface area (Å²) < 4.78 is 0. The average Bonchev–Trinajstić information content (AvgIpc) is 2.74. The molecule has 0 spiro atoms. The number of hydrogen-bond donors (Lipinski definition) is 1. The van der Waals surface area contributed by atoms with Crippen LogP contribution in [0.4, 0.5) is 0 Å². The highest BCUT2D eigenvalue weighted by Crippen LogP contribution is 2.25. The standard InChI is InChI=1S/C15H19NS/c1-11(2)16-9-13-4-6-14(7-5-13)15-8-12(3)17-10-15/h4-8,10-11,16H,9H2,1-3H3. The fourth-order valence-corrected chi connectivity index (χ4v) is 2.44. The van der Waals surface area contributed by atoms with E-state index in [9.17, 15) is 0 Å². The van der Waals surface area contributed by atoms with Gasteiger partial charge in [-0.2, -0.15) is 0 Å². The average molecular weight is 245 g/mol. The number of nitrogens with one attached hydrogen (secondary N) is 1. The fourth-order valence-electron chi connectivity index (χ4n) is 1.73. The van der Waals surface area contributed by atoms with Gasteiger partial charge in [-0.1, -0.05) is 38.1 Å². The smallest absolute Gasteiger partial charge is 0.0207 e. The van der Waals surface area contributed by atoms with E-state index in [0.29, 0.717) is 6.04 Å². The van der Waals surface area contributed by atoms with E-state index in [1.54, 1.807) is 11.3 Å². The minimum Gasteiger partial charge on any atom is -0.310 e. The Labute approximate surface area is 108 Å². The van der Waals surface area contributed by atoms with Gasteiger partial charge in [0.25, 0.3) is 0 Å². The summed E-state index contributed by atoms with van der Waals surface area (Å²) in [7, 11) is 0. The first-order chi connectivity index (χ1) is 8.15. The highest BCUT2D eigenvalue weighted by molar-refractivity contribution is 7.10. The summed E-state index contributed by atoms with van der Waals surface area (Å²) in [6.07, 6.45) is 0. The van der Waals surface area contributed by atoms with Crippen molar-refractivity contribution in [2.24, 2.45) is 0 Å². The molecule has 0 saturated heterocycles. The van der Waals surface area contributed by atoms with Gasteiger partial charge in [0.1, 0.15) is 0 Å². The molecular formula is C15H19NS. The first-order valence-corrected chi connectivity index (χ1v) is 6.91. The molecule has 0 aliphatic heterocycles. The fraction of sp³-hybridized carbons (Fsp3) is 0.333. The van der Waals surface area contributed by atoms with Crippen molar-refractivity contribution in [1.29, 1.82) is 0 Å². The monoisotopic (exact) mass is 245 g/mol. The number of benzene rings is 1. The van der Waals surface area contributed by atoms with Crippen molar-refractivity contribution in [1.82, 2.24) is 5.32 Å². The zero-order valence-corrected chi connectivity index (χ0v) is 11.5. The highest BCUT2D eigenvalue weighted by atomic mass is 32.1. The van der Waals surface area contributed by atoms with Crippen LogP contribution in [-0.2, 0) is 6.54 Å². The molecule has 1 aromatic heterocycles. The van der Waals surface area contributed by atoms with Crippen molar-refractivity contribution in [2.75, 3.05) is 0 Å². The lowest BCUT2D eigenvalue weighted by Gasteiger charge is -2.08. The third-order valence-corrected chi connectivity index (χ3v) is 3.59. The van der Waals surface area contributed by atoms with Gasteiger partial charge in [-0.25, -0.2) is 0 Å². The van der Waals surface area contributed by atoms with Crippen LogP contribution in [0.3, 0.4) is 0 Å². The molecule has 0 bridgehead atoms. The van der Waals surface area contributed by atoms with Crippen LogP contribution in [0.2, 0.25) is 0 Å². The van der Waals surface area contributed by atoms with Crippen molar-refractivity contribution in [3.63, 3.8) is 0 Å². The van der Waals surface area contributed by atoms with Gasteiger partial charge in [0.05, 0.1) is 0 Å². The quantitative estimate of drug-likeness (QED) is 0.850. The van der Waals surface area contributed by atoms with E-state index in [2.05, 4.69) is 61.8 Å². The van der Waals surface area contributed by atoms with Crippen LogP contribution in [0.5, 0.6) is 0 Å². The molecule has 1 nitrogen and oxygen atoms in total. The lowest BCUT2D eigenvalue weighted by molar-refractivity contribution is 0.589. The lowest BCUT2D eigenvalue weighted by Crippen LogP contribution is -2.21. The van der Waals surface area contributed by atoms with Gasteiger partial charge in [-0.05, 0) is 35.1 Å². The summed E-state index contributed by atoms with van der Waals surface area (Å²) >= 11 is 1.81. The second-order valence-corrected chi connectivity index (χ2v) is 5.79. The molecule has 1 heterocycles. The predicted molar refractivity (Wildman–Crippen MR) is 76.5 cm³/mol. The van der Waals surface area contributed by atoms with Crippen molar-refractivity contribution >= 4 is 11.3 Å². The molecule has 2 aromatic rings. The van der Waals surface area contributed by atoms with Crippen LogP contribution >= 0.6 is 11.3 Å². The maximum Gasteiger partial charge on any atom is 0.0207 e. The molecule has 90 valence electrons. The first-order valence-electron chi connectivity index (χ1n) is 6.03. The summed E-state index contributed by atoms with van der Waals surface area (Å²) in [6, 6.07) is 11.6. The summed E-state index contributed by atoms with van der Waals surface area (Å²) in [5.74, 6) is 0. The Bertz CT molecular complexity index is 468. The Hall–Kier alpha value is -1.12. The molecule has 0 amide bonds. The van der Waals surface area contributed by atoms with E-state index in [-0.39, 0.29) is 0 Å². The van der Waals surface area contributed by atoms with Crippen LogP contribution in [0, 0.1) is 6.92 Å². The van der Waals surface area contributed by atoms with Crippen molar-refractivity contribution in [2.45, 2.75) is 33.4 Å². The Kier molecular flexibility index (Phi) is 3.97. The largest absolute Gasteiger partial charge is 0.310 e. The van der Waals surface area contributed by atoms with Crippen molar-refractivity contribution in [3.05, 3.63) is 46.2 Å². The second-order valence-electron chi connectivity index (χ2n) is 4.68. The number of hydrogen-bond acceptors (Lipinski definition) is 2. The van der Waals surface area contributed by atoms with Gasteiger partial charge in [-0.3, -0.25) is 0 Å². The molecule has 1 N–H and O–H groups in total. The number of rotatable bonds is 4. The summed E-state index contributed by atoms with van der Waals surface area (Å²) in [5, 5.41) is 5.65. The normalized spacial score (nSPS) is 11.1. The van der Waals surface area contributed by atoms with Gasteiger partial charge in [0.2, 0.25) is 0 Å². The van der Waals surface area contributed by atoms with Crippen molar-refractivity contribution < 1.29 is 0 Å². The van der Waals surface area contributed by atoms with Gasteiger partial charge >= 0.3 is 0 Å². The Morgan fingerprint density at radius 1 is 1.12 bits per heavy atom.